The van der Waals surface area contributed by atoms with Crippen LogP contribution in [0, 0.1) is 17.2 Å². The molecule has 0 heterocycles. The summed E-state index contributed by atoms with van der Waals surface area (Å²) in [6, 6.07) is 18.4. The van der Waals surface area contributed by atoms with Crippen LogP contribution < -0.4 is 0 Å². The maximum absolute atomic E-state index is 9.00. The molecule has 0 spiro atoms. The largest absolute Gasteiger partial charge is 0.192 e. The zero-order valence-corrected chi connectivity index (χ0v) is 12.8. The number of hydrogen-bond donors (Lipinski definition) is 0. The van der Waals surface area contributed by atoms with Crippen molar-refractivity contribution in [1.82, 2.24) is 0 Å². The summed E-state index contributed by atoms with van der Waals surface area (Å²) in [6.45, 7) is 2.24. The molecule has 1 unspecified atom stereocenters. The Labute approximate surface area is 131 Å². The molecule has 2 aromatic rings. The molecule has 1 radical (unpaired) electrons. The van der Waals surface area contributed by atoms with Crippen LogP contribution in [0.3, 0.4) is 0 Å². The lowest BCUT2D eigenvalue weighted by Crippen LogP contribution is -2.24. The van der Waals surface area contributed by atoms with Crippen molar-refractivity contribution in [3.05, 3.63) is 76.2 Å². The highest BCUT2D eigenvalue weighted by molar-refractivity contribution is 6.30. The van der Waals surface area contributed by atoms with Gasteiger partial charge in [0.25, 0.3) is 0 Å². The molecule has 21 heavy (non-hydrogen) atoms. The second-order valence-corrected chi connectivity index (χ2v) is 6.21. The van der Waals surface area contributed by atoms with E-state index in [-0.39, 0.29) is 0 Å². The summed E-state index contributed by atoms with van der Waals surface area (Å²) >= 11 is 5.93. The van der Waals surface area contributed by atoms with Crippen molar-refractivity contribution in [3.63, 3.8) is 0 Å². The molecule has 2 heteroatoms. The number of rotatable bonds is 3. The molecule has 1 aliphatic rings. The van der Waals surface area contributed by atoms with Crippen molar-refractivity contribution >= 4 is 11.6 Å². The Hall–Kier alpha value is -1.78. The number of halogens is 1. The maximum Gasteiger partial charge on any atom is 0.0991 e. The van der Waals surface area contributed by atoms with Gasteiger partial charge in [-0.25, -0.2) is 0 Å². The molecular weight excluding hydrogens is 278 g/mol. The molecule has 0 aromatic heterocycles. The van der Waals surface area contributed by atoms with E-state index in [0.29, 0.717) is 11.8 Å². The van der Waals surface area contributed by atoms with E-state index in [1.807, 2.05) is 30.3 Å². The van der Waals surface area contributed by atoms with Crippen molar-refractivity contribution < 1.29 is 0 Å². The van der Waals surface area contributed by atoms with Crippen LogP contribution in [0.1, 0.15) is 48.3 Å². The van der Waals surface area contributed by atoms with Gasteiger partial charge in [-0.2, -0.15) is 5.26 Å². The highest BCUT2D eigenvalue weighted by atomic mass is 35.5. The molecule has 1 saturated carbocycles. The lowest BCUT2D eigenvalue weighted by Gasteiger charge is -2.39. The Morgan fingerprint density at radius 1 is 1.14 bits per heavy atom. The zero-order valence-electron chi connectivity index (χ0n) is 12.0. The van der Waals surface area contributed by atoms with Crippen LogP contribution in [-0.4, -0.2) is 0 Å². The Balaban J connectivity index is 1.65. The number of nitrogens with zero attached hydrogens (tertiary/aromatic N) is 1. The fourth-order valence-electron chi connectivity index (χ4n) is 3.01. The van der Waals surface area contributed by atoms with E-state index < -0.39 is 0 Å². The standard InChI is InChI=1S/C19H17ClN/c1-13(16-4-2-3-14(9-16)12-21)17-10-18(11-17)15-5-7-19(20)8-6-15/h2-9,13,18H,10-11H2,1H3. The molecule has 1 fully saturated rings. The second kappa shape index (κ2) is 5.92. The van der Waals surface area contributed by atoms with Crippen LogP contribution in [0.5, 0.6) is 0 Å². The van der Waals surface area contributed by atoms with Gasteiger partial charge in [-0.3, -0.25) is 0 Å². The van der Waals surface area contributed by atoms with E-state index in [2.05, 4.69) is 31.2 Å². The number of hydrogen-bond acceptors (Lipinski definition) is 1. The fourth-order valence-corrected chi connectivity index (χ4v) is 3.14. The van der Waals surface area contributed by atoms with Gasteiger partial charge in [-0.05, 0) is 66.0 Å². The molecule has 2 aromatic carbocycles. The van der Waals surface area contributed by atoms with Crippen LogP contribution in [0.4, 0.5) is 0 Å². The topological polar surface area (TPSA) is 23.8 Å². The predicted molar refractivity (Wildman–Crippen MR) is 86.2 cm³/mol. The molecule has 105 valence electrons. The summed E-state index contributed by atoms with van der Waals surface area (Å²) in [6.07, 6.45) is 2.28. The highest BCUT2D eigenvalue weighted by Gasteiger charge is 2.34. The molecule has 3 rings (SSSR count). The summed E-state index contributed by atoms with van der Waals surface area (Å²) < 4.78 is 0. The Kier molecular flexibility index (Phi) is 3.99. The second-order valence-electron chi connectivity index (χ2n) is 5.77. The first-order chi connectivity index (χ1) is 10.2. The normalized spacial score (nSPS) is 17.0. The van der Waals surface area contributed by atoms with Crippen molar-refractivity contribution in [2.45, 2.75) is 31.6 Å². The lowest BCUT2D eigenvalue weighted by atomic mass is 9.65. The SMILES string of the molecule is CC([C]1CC(c2ccc(Cl)cc2)C1)c1cccc(C#N)c1. The van der Waals surface area contributed by atoms with E-state index >= 15 is 0 Å². The molecule has 1 nitrogen and oxygen atoms in total. The first-order valence-corrected chi connectivity index (χ1v) is 7.65. The summed E-state index contributed by atoms with van der Waals surface area (Å²) in [7, 11) is 0. The zero-order chi connectivity index (χ0) is 14.8. The third kappa shape index (κ3) is 2.96. The predicted octanol–water partition coefficient (Wildman–Crippen LogP) is 5.47. The molecule has 0 bridgehead atoms. The Morgan fingerprint density at radius 3 is 2.52 bits per heavy atom. The highest BCUT2D eigenvalue weighted by Crippen LogP contribution is 2.50. The quantitative estimate of drug-likeness (QED) is 0.736. The van der Waals surface area contributed by atoms with Crippen molar-refractivity contribution in [1.29, 1.82) is 5.26 Å². The fraction of sp³-hybridized carbons (Fsp3) is 0.263. The lowest BCUT2D eigenvalue weighted by molar-refractivity contribution is 0.414. The van der Waals surface area contributed by atoms with E-state index in [0.717, 1.165) is 23.4 Å². The van der Waals surface area contributed by atoms with Gasteiger partial charge in [-0.15, -0.1) is 0 Å². The third-order valence-electron chi connectivity index (χ3n) is 4.49. The van der Waals surface area contributed by atoms with Crippen molar-refractivity contribution in [3.8, 4) is 6.07 Å². The van der Waals surface area contributed by atoms with Gasteiger partial charge < -0.3 is 0 Å². The third-order valence-corrected chi connectivity index (χ3v) is 4.74. The van der Waals surface area contributed by atoms with Crippen LogP contribution in [0.25, 0.3) is 0 Å². The molecule has 0 saturated heterocycles. The van der Waals surface area contributed by atoms with Gasteiger partial charge in [0.05, 0.1) is 11.6 Å². The van der Waals surface area contributed by atoms with E-state index in [1.165, 1.54) is 11.1 Å². The molecule has 0 amide bonds. The minimum absolute atomic E-state index is 0.432. The first kappa shape index (κ1) is 14.2. The van der Waals surface area contributed by atoms with Gasteiger partial charge in [0, 0.05) is 5.02 Å². The van der Waals surface area contributed by atoms with Crippen molar-refractivity contribution in [2.24, 2.45) is 0 Å². The van der Waals surface area contributed by atoms with Crippen LogP contribution in [0.15, 0.2) is 48.5 Å². The molecule has 1 aliphatic carbocycles. The molecular formula is C19H17ClN. The van der Waals surface area contributed by atoms with E-state index in [4.69, 9.17) is 16.9 Å². The number of benzene rings is 2. The number of nitriles is 1. The van der Waals surface area contributed by atoms with Gasteiger partial charge in [0.15, 0.2) is 0 Å². The van der Waals surface area contributed by atoms with Crippen LogP contribution in [0.2, 0.25) is 5.02 Å². The summed E-state index contributed by atoms with van der Waals surface area (Å²) in [5, 5.41) is 9.79. The van der Waals surface area contributed by atoms with Gasteiger partial charge in [0.1, 0.15) is 0 Å². The Bertz CT molecular complexity index is 663. The smallest absolute Gasteiger partial charge is 0.0991 e. The molecule has 0 N–H and O–H groups in total. The van der Waals surface area contributed by atoms with Crippen LogP contribution >= 0.6 is 11.6 Å². The minimum Gasteiger partial charge on any atom is -0.192 e. The van der Waals surface area contributed by atoms with Crippen molar-refractivity contribution in [2.75, 3.05) is 0 Å². The van der Waals surface area contributed by atoms with E-state index in [9.17, 15) is 0 Å². The first-order valence-electron chi connectivity index (χ1n) is 7.27. The maximum atomic E-state index is 9.00. The van der Waals surface area contributed by atoms with Gasteiger partial charge in [0.2, 0.25) is 0 Å². The van der Waals surface area contributed by atoms with Gasteiger partial charge in [-0.1, -0.05) is 42.8 Å². The van der Waals surface area contributed by atoms with E-state index in [1.54, 1.807) is 5.92 Å². The van der Waals surface area contributed by atoms with Crippen LogP contribution in [-0.2, 0) is 0 Å². The average molecular weight is 295 g/mol. The monoisotopic (exact) mass is 294 g/mol. The van der Waals surface area contributed by atoms with Gasteiger partial charge >= 0.3 is 0 Å². The molecule has 0 aliphatic heterocycles. The minimum atomic E-state index is 0.432. The molecule has 1 atom stereocenters. The Morgan fingerprint density at radius 2 is 1.86 bits per heavy atom. The summed E-state index contributed by atoms with van der Waals surface area (Å²) in [5.74, 6) is 2.63. The average Bonchev–Trinajstić information content (AvgIpc) is 2.47. The summed E-state index contributed by atoms with van der Waals surface area (Å²) in [5.41, 5.74) is 3.37. The summed E-state index contributed by atoms with van der Waals surface area (Å²) in [4.78, 5) is 0.